The molecule has 3 nitrogen and oxygen atoms in total. The monoisotopic (exact) mass is 248 g/mol. The Kier molecular flexibility index (Phi) is 6.26. The normalized spacial score (nSPS) is 10.2. The Morgan fingerprint density at radius 1 is 1.22 bits per heavy atom. The van der Waals surface area contributed by atoms with Gasteiger partial charge >= 0.3 is 0 Å². The van der Waals surface area contributed by atoms with Crippen LogP contribution in [-0.4, -0.2) is 19.0 Å². The molecule has 1 rings (SSSR count). The van der Waals surface area contributed by atoms with Crippen molar-refractivity contribution < 1.29 is 4.79 Å². The fourth-order valence-electron chi connectivity index (χ4n) is 1.82. The molecule has 0 heterocycles. The highest BCUT2D eigenvalue weighted by Gasteiger charge is 2.01. The summed E-state index contributed by atoms with van der Waals surface area (Å²) >= 11 is 0. The Bertz CT molecular complexity index is 388. The standard InChI is InChI=1S/C15H24N2O/c1-4-5-9-17-15(18)8-10-16-14-7-6-12(2)11-13(14)3/h6-7,11,16H,4-5,8-10H2,1-3H3,(H,17,18). The molecule has 0 aliphatic rings. The smallest absolute Gasteiger partial charge is 0.221 e. The summed E-state index contributed by atoms with van der Waals surface area (Å²) in [5.74, 6) is 0.126. The van der Waals surface area contributed by atoms with Gasteiger partial charge in [0.25, 0.3) is 0 Å². The van der Waals surface area contributed by atoms with E-state index in [1.807, 2.05) is 0 Å². The van der Waals surface area contributed by atoms with Gasteiger partial charge in [0, 0.05) is 25.2 Å². The first-order valence-corrected chi connectivity index (χ1v) is 6.71. The molecule has 0 saturated carbocycles. The van der Waals surface area contributed by atoms with Gasteiger partial charge in [-0.15, -0.1) is 0 Å². The fourth-order valence-corrected chi connectivity index (χ4v) is 1.82. The average Bonchev–Trinajstić information content (AvgIpc) is 2.32. The van der Waals surface area contributed by atoms with Gasteiger partial charge in [-0.3, -0.25) is 4.79 Å². The predicted molar refractivity (Wildman–Crippen MR) is 76.9 cm³/mol. The second-order valence-electron chi connectivity index (χ2n) is 4.70. The predicted octanol–water partition coefficient (Wildman–Crippen LogP) is 3.02. The molecule has 1 amide bonds. The molecule has 1 aromatic rings. The average molecular weight is 248 g/mol. The number of carbonyl (C=O) groups excluding carboxylic acids is 1. The number of hydrogen-bond acceptors (Lipinski definition) is 2. The Hall–Kier alpha value is -1.51. The molecule has 2 N–H and O–H groups in total. The Morgan fingerprint density at radius 2 is 2.00 bits per heavy atom. The highest BCUT2D eigenvalue weighted by molar-refractivity contribution is 5.76. The van der Waals surface area contributed by atoms with E-state index in [-0.39, 0.29) is 5.91 Å². The second kappa shape index (κ2) is 7.75. The molecule has 0 aliphatic carbocycles. The zero-order valence-corrected chi connectivity index (χ0v) is 11.7. The molecule has 0 fully saturated rings. The number of amides is 1. The van der Waals surface area contributed by atoms with Gasteiger partial charge in [-0.2, -0.15) is 0 Å². The minimum atomic E-state index is 0.126. The lowest BCUT2D eigenvalue weighted by Crippen LogP contribution is -2.26. The van der Waals surface area contributed by atoms with Crippen molar-refractivity contribution in [3.05, 3.63) is 29.3 Å². The summed E-state index contributed by atoms with van der Waals surface area (Å²) in [7, 11) is 0. The van der Waals surface area contributed by atoms with Crippen LogP contribution < -0.4 is 10.6 Å². The first-order chi connectivity index (χ1) is 8.63. The molecule has 18 heavy (non-hydrogen) atoms. The van der Waals surface area contributed by atoms with Crippen molar-refractivity contribution in [1.82, 2.24) is 5.32 Å². The maximum absolute atomic E-state index is 11.5. The van der Waals surface area contributed by atoms with Crippen LogP contribution in [0.3, 0.4) is 0 Å². The van der Waals surface area contributed by atoms with E-state index < -0.39 is 0 Å². The SMILES string of the molecule is CCCCNC(=O)CCNc1ccc(C)cc1C. The van der Waals surface area contributed by atoms with E-state index in [1.165, 1.54) is 11.1 Å². The van der Waals surface area contributed by atoms with Crippen LogP contribution in [0.2, 0.25) is 0 Å². The quantitative estimate of drug-likeness (QED) is 0.728. The molecular weight excluding hydrogens is 224 g/mol. The van der Waals surface area contributed by atoms with Crippen molar-refractivity contribution in [3.63, 3.8) is 0 Å². The van der Waals surface area contributed by atoms with Crippen molar-refractivity contribution in [1.29, 1.82) is 0 Å². The summed E-state index contributed by atoms with van der Waals surface area (Å²) in [6, 6.07) is 6.29. The minimum absolute atomic E-state index is 0.126. The van der Waals surface area contributed by atoms with Gasteiger partial charge in [-0.25, -0.2) is 0 Å². The van der Waals surface area contributed by atoms with E-state index in [9.17, 15) is 4.79 Å². The van der Waals surface area contributed by atoms with Gasteiger partial charge in [0.05, 0.1) is 0 Å². The van der Waals surface area contributed by atoms with E-state index in [1.54, 1.807) is 0 Å². The molecule has 100 valence electrons. The molecule has 0 bridgehead atoms. The van der Waals surface area contributed by atoms with E-state index >= 15 is 0 Å². The lowest BCUT2D eigenvalue weighted by molar-refractivity contribution is -0.120. The summed E-state index contributed by atoms with van der Waals surface area (Å²) in [4.78, 5) is 11.5. The van der Waals surface area contributed by atoms with Crippen LogP contribution in [0, 0.1) is 13.8 Å². The topological polar surface area (TPSA) is 41.1 Å². The number of nitrogens with one attached hydrogen (secondary N) is 2. The summed E-state index contributed by atoms with van der Waals surface area (Å²) in [6.45, 7) is 7.75. The van der Waals surface area contributed by atoms with Gasteiger partial charge in [0.2, 0.25) is 5.91 Å². The molecule has 3 heteroatoms. The molecule has 0 saturated heterocycles. The molecule has 1 aromatic carbocycles. The van der Waals surface area contributed by atoms with Gasteiger partial charge in [0.15, 0.2) is 0 Å². The first-order valence-electron chi connectivity index (χ1n) is 6.71. The number of anilines is 1. The minimum Gasteiger partial charge on any atom is -0.384 e. The number of rotatable bonds is 7. The molecule has 0 atom stereocenters. The third-order valence-corrected chi connectivity index (χ3v) is 2.90. The van der Waals surface area contributed by atoms with Crippen molar-refractivity contribution >= 4 is 11.6 Å². The Morgan fingerprint density at radius 3 is 2.67 bits per heavy atom. The van der Waals surface area contributed by atoms with Gasteiger partial charge in [0.1, 0.15) is 0 Å². The van der Waals surface area contributed by atoms with Crippen LogP contribution in [-0.2, 0) is 4.79 Å². The molecule has 0 unspecified atom stereocenters. The van der Waals surface area contributed by atoms with Crippen molar-refractivity contribution in [2.75, 3.05) is 18.4 Å². The maximum atomic E-state index is 11.5. The van der Waals surface area contributed by atoms with Crippen molar-refractivity contribution in [2.45, 2.75) is 40.0 Å². The third kappa shape index (κ3) is 5.21. The number of benzene rings is 1. The molecule has 0 aromatic heterocycles. The van der Waals surface area contributed by atoms with Crippen LogP contribution in [0.4, 0.5) is 5.69 Å². The van der Waals surface area contributed by atoms with Crippen LogP contribution in [0.5, 0.6) is 0 Å². The molecule has 0 aliphatic heterocycles. The zero-order valence-electron chi connectivity index (χ0n) is 11.7. The van der Waals surface area contributed by atoms with E-state index in [2.05, 4.69) is 49.6 Å². The van der Waals surface area contributed by atoms with E-state index in [0.717, 1.165) is 25.1 Å². The highest BCUT2D eigenvalue weighted by Crippen LogP contribution is 2.15. The van der Waals surface area contributed by atoms with Crippen LogP contribution >= 0.6 is 0 Å². The Balaban J connectivity index is 2.26. The van der Waals surface area contributed by atoms with Crippen LogP contribution in [0.15, 0.2) is 18.2 Å². The van der Waals surface area contributed by atoms with Crippen LogP contribution in [0.1, 0.15) is 37.3 Å². The molecule has 0 radical (unpaired) electrons. The molecular formula is C15H24N2O. The maximum Gasteiger partial charge on any atom is 0.221 e. The largest absolute Gasteiger partial charge is 0.384 e. The fraction of sp³-hybridized carbons (Fsp3) is 0.533. The van der Waals surface area contributed by atoms with Gasteiger partial charge in [-0.05, 0) is 31.9 Å². The van der Waals surface area contributed by atoms with Gasteiger partial charge in [-0.1, -0.05) is 31.0 Å². The summed E-state index contributed by atoms with van der Waals surface area (Å²) in [6.07, 6.45) is 2.69. The third-order valence-electron chi connectivity index (χ3n) is 2.90. The van der Waals surface area contributed by atoms with Crippen molar-refractivity contribution in [3.8, 4) is 0 Å². The van der Waals surface area contributed by atoms with Crippen molar-refractivity contribution in [2.24, 2.45) is 0 Å². The van der Waals surface area contributed by atoms with Gasteiger partial charge < -0.3 is 10.6 Å². The summed E-state index contributed by atoms with van der Waals surface area (Å²) < 4.78 is 0. The number of carbonyl (C=O) groups is 1. The van der Waals surface area contributed by atoms with E-state index in [4.69, 9.17) is 0 Å². The number of unbranched alkanes of at least 4 members (excludes halogenated alkanes) is 1. The second-order valence-corrected chi connectivity index (χ2v) is 4.70. The summed E-state index contributed by atoms with van der Waals surface area (Å²) in [5.41, 5.74) is 3.60. The number of aryl methyl sites for hydroxylation is 2. The summed E-state index contributed by atoms with van der Waals surface area (Å²) in [5, 5.41) is 6.22. The van der Waals surface area contributed by atoms with E-state index in [0.29, 0.717) is 13.0 Å². The molecule has 0 spiro atoms. The highest BCUT2D eigenvalue weighted by atomic mass is 16.1. The van der Waals surface area contributed by atoms with Crippen LogP contribution in [0.25, 0.3) is 0 Å². The first kappa shape index (κ1) is 14.6. The number of hydrogen-bond donors (Lipinski definition) is 2. The Labute approximate surface area is 110 Å². The lowest BCUT2D eigenvalue weighted by Gasteiger charge is -2.10. The lowest BCUT2D eigenvalue weighted by atomic mass is 10.1. The zero-order chi connectivity index (χ0) is 13.4.